The van der Waals surface area contributed by atoms with E-state index >= 15 is 0 Å². The first kappa shape index (κ1) is 12.1. The van der Waals surface area contributed by atoms with Crippen LogP contribution in [0.5, 0.6) is 0 Å². The molecule has 1 aromatic rings. The number of halogens is 2. The van der Waals surface area contributed by atoms with Gasteiger partial charge >= 0.3 is 0 Å². The van der Waals surface area contributed by atoms with Crippen LogP contribution in [0.2, 0.25) is 0 Å². The molecule has 1 aliphatic carbocycles. The van der Waals surface area contributed by atoms with Crippen LogP contribution in [-0.4, -0.2) is 30.1 Å². The fourth-order valence-electron chi connectivity index (χ4n) is 2.64. The lowest BCUT2D eigenvalue weighted by atomic mass is 10.2. The van der Waals surface area contributed by atoms with Gasteiger partial charge in [-0.25, -0.2) is 8.78 Å². The fourth-order valence-corrected chi connectivity index (χ4v) is 2.64. The average molecular weight is 252 g/mol. The van der Waals surface area contributed by atoms with Crippen LogP contribution >= 0.6 is 0 Å². The van der Waals surface area contributed by atoms with E-state index in [0.29, 0.717) is 18.2 Å². The van der Waals surface area contributed by atoms with Crippen LogP contribution in [0.25, 0.3) is 0 Å². The lowest BCUT2D eigenvalue weighted by Gasteiger charge is -2.16. The molecule has 1 saturated heterocycles. The van der Waals surface area contributed by atoms with Gasteiger partial charge in [0.1, 0.15) is 11.6 Å². The third-order valence-corrected chi connectivity index (χ3v) is 3.88. The minimum absolute atomic E-state index is 0.440. The van der Waals surface area contributed by atoms with E-state index in [1.54, 1.807) is 0 Å². The first-order chi connectivity index (χ1) is 8.72. The largest absolute Gasteiger partial charge is 0.308 e. The van der Waals surface area contributed by atoms with Gasteiger partial charge in [0, 0.05) is 43.3 Å². The van der Waals surface area contributed by atoms with Gasteiger partial charge in [0.05, 0.1) is 0 Å². The Hall–Kier alpha value is -1.00. The molecule has 4 heteroatoms. The van der Waals surface area contributed by atoms with Gasteiger partial charge in [0.25, 0.3) is 0 Å². The predicted octanol–water partition coefficient (Wildman–Crippen LogP) is 2.29. The Balaban J connectivity index is 1.51. The maximum absolute atomic E-state index is 13.4. The van der Waals surface area contributed by atoms with Gasteiger partial charge in [0.15, 0.2) is 0 Å². The summed E-state index contributed by atoms with van der Waals surface area (Å²) in [7, 11) is 0. The van der Waals surface area contributed by atoms with Crippen molar-refractivity contribution < 1.29 is 8.78 Å². The lowest BCUT2D eigenvalue weighted by molar-refractivity contribution is 0.317. The molecule has 98 valence electrons. The predicted molar refractivity (Wildman–Crippen MR) is 66.2 cm³/mol. The van der Waals surface area contributed by atoms with Crippen LogP contribution in [0.1, 0.15) is 24.8 Å². The molecule has 1 unspecified atom stereocenters. The standard InChI is InChI=1S/C14H18F2N2/c15-11-2-1-10(14(16)7-11)8-17-12-5-6-18(9-12)13-3-4-13/h1-2,7,12-13,17H,3-6,8-9H2. The molecule has 0 aromatic heterocycles. The maximum atomic E-state index is 13.4. The molecule has 18 heavy (non-hydrogen) atoms. The van der Waals surface area contributed by atoms with Gasteiger partial charge < -0.3 is 5.32 Å². The molecule has 1 heterocycles. The van der Waals surface area contributed by atoms with Crippen molar-refractivity contribution in [3.05, 3.63) is 35.4 Å². The molecule has 0 amide bonds. The Morgan fingerprint density at radius 2 is 2.06 bits per heavy atom. The first-order valence-electron chi connectivity index (χ1n) is 6.64. The molecule has 1 aromatic carbocycles. The van der Waals surface area contributed by atoms with E-state index in [1.807, 2.05) is 0 Å². The smallest absolute Gasteiger partial charge is 0.130 e. The number of hydrogen-bond acceptors (Lipinski definition) is 2. The van der Waals surface area contributed by atoms with Crippen molar-refractivity contribution in [1.29, 1.82) is 0 Å². The van der Waals surface area contributed by atoms with Crippen LogP contribution in [0.4, 0.5) is 8.78 Å². The van der Waals surface area contributed by atoms with Crippen molar-refractivity contribution in [2.75, 3.05) is 13.1 Å². The van der Waals surface area contributed by atoms with Crippen molar-refractivity contribution in [2.45, 2.75) is 37.9 Å². The van der Waals surface area contributed by atoms with Crippen LogP contribution in [0, 0.1) is 11.6 Å². The SMILES string of the molecule is Fc1ccc(CNC2CCN(C3CC3)C2)c(F)c1. The Bertz CT molecular complexity index is 432. The van der Waals surface area contributed by atoms with Crippen molar-refractivity contribution >= 4 is 0 Å². The summed E-state index contributed by atoms with van der Waals surface area (Å²) in [6, 6.07) is 5.02. The lowest BCUT2D eigenvalue weighted by Crippen LogP contribution is -2.33. The molecule has 1 atom stereocenters. The molecule has 3 rings (SSSR count). The second kappa shape index (κ2) is 4.94. The number of rotatable bonds is 4. The van der Waals surface area contributed by atoms with Crippen LogP contribution in [-0.2, 0) is 6.54 Å². The van der Waals surface area contributed by atoms with Gasteiger partial charge in [-0.3, -0.25) is 4.90 Å². The summed E-state index contributed by atoms with van der Waals surface area (Å²) >= 11 is 0. The molecule has 1 aliphatic heterocycles. The Morgan fingerprint density at radius 1 is 1.22 bits per heavy atom. The molecule has 0 spiro atoms. The van der Waals surface area contributed by atoms with E-state index in [0.717, 1.165) is 31.6 Å². The summed E-state index contributed by atoms with van der Waals surface area (Å²) in [6.07, 6.45) is 3.79. The summed E-state index contributed by atoms with van der Waals surface area (Å²) in [5.74, 6) is -0.975. The molecule has 2 aliphatic rings. The molecule has 1 N–H and O–H groups in total. The van der Waals surface area contributed by atoms with Gasteiger partial charge in [-0.05, 0) is 25.3 Å². The monoisotopic (exact) mass is 252 g/mol. The van der Waals surface area contributed by atoms with Crippen LogP contribution in [0.3, 0.4) is 0 Å². The highest BCUT2D eigenvalue weighted by molar-refractivity contribution is 5.18. The quantitative estimate of drug-likeness (QED) is 0.884. The van der Waals surface area contributed by atoms with Crippen LogP contribution in [0.15, 0.2) is 18.2 Å². The average Bonchev–Trinajstić information content (AvgIpc) is 3.08. The summed E-state index contributed by atoms with van der Waals surface area (Å²) in [6.45, 7) is 2.69. The normalized spacial score (nSPS) is 24.7. The number of likely N-dealkylation sites (tertiary alicyclic amines) is 1. The molecule has 1 saturated carbocycles. The zero-order valence-electron chi connectivity index (χ0n) is 10.3. The van der Waals surface area contributed by atoms with E-state index in [1.165, 1.54) is 25.0 Å². The van der Waals surface area contributed by atoms with Gasteiger partial charge in [-0.2, -0.15) is 0 Å². The summed E-state index contributed by atoms with van der Waals surface area (Å²) < 4.78 is 26.2. The van der Waals surface area contributed by atoms with Gasteiger partial charge in [0.2, 0.25) is 0 Å². The molecular weight excluding hydrogens is 234 g/mol. The third kappa shape index (κ3) is 2.70. The molecule has 0 bridgehead atoms. The Kier molecular flexibility index (Phi) is 3.31. The van der Waals surface area contributed by atoms with E-state index in [-0.39, 0.29) is 0 Å². The second-order valence-electron chi connectivity index (χ2n) is 5.33. The summed E-state index contributed by atoms with van der Waals surface area (Å²) in [5, 5.41) is 3.37. The molecule has 2 fully saturated rings. The second-order valence-corrected chi connectivity index (χ2v) is 5.33. The van der Waals surface area contributed by atoms with Crippen LogP contribution < -0.4 is 5.32 Å². The minimum atomic E-state index is -0.517. The topological polar surface area (TPSA) is 15.3 Å². The number of hydrogen-bond donors (Lipinski definition) is 1. The number of benzene rings is 1. The molecule has 2 nitrogen and oxygen atoms in total. The maximum Gasteiger partial charge on any atom is 0.130 e. The zero-order valence-corrected chi connectivity index (χ0v) is 10.3. The Labute approximate surface area is 106 Å². The first-order valence-corrected chi connectivity index (χ1v) is 6.64. The highest BCUT2D eigenvalue weighted by Crippen LogP contribution is 2.29. The molecule has 0 radical (unpaired) electrons. The van der Waals surface area contributed by atoms with E-state index in [2.05, 4.69) is 10.2 Å². The van der Waals surface area contributed by atoms with Gasteiger partial charge in [-0.1, -0.05) is 6.07 Å². The van der Waals surface area contributed by atoms with Crippen molar-refractivity contribution in [3.8, 4) is 0 Å². The van der Waals surface area contributed by atoms with Gasteiger partial charge in [-0.15, -0.1) is 0 Å². The third-order valence-electron chi connectivity index (χ3n) is 3.88. The summed E-state index contributed by atoms with van der Waals surface area (Å²) in [4.78, 5) is 2.51. The number of nitrogens with one attached hydrogen (secondary N) is 1. The minimum Gasteiger partial charge on any atom is -0.308 e. The summed E-state index contributed by atoms with van der Waals surface area (Å²) in [5.41, 5.74) is 0.543. The highest BCUT2D eigenvalue weighted by atomic mass is 19.1. The zero-order chi connectivity index (χ0) is 12.5. The molecular formula is C14H18F2N2. The van der Waals surface area contributed by atoms with Crippen molar-refractivity contribution in [3.63, 3.8) is 0 Å². The van der Waals surface area contributed by atoms with E-state index in [4.69, 9.17) is 0 Å². The fraction of sp³-hybridized carbons (Fsp3) is 0.571. The van der Waals surface area contributed by atoms with E-state index in [9.17, 15) is 8.78 Å². The van der Waals surface area contributed by atoms with E-state index < -0.39 is 11.6 Å². The van der Waals surface area contributed by atoms with Crippen molar-refractivity contribution in [2.24, 2.45) is 0 Å². The number of nitrogens with zero attached hydrogens (tertiary/aromatic N) is 1. The highest BCUT2D eigenvalue weighted by Gasteiger charge is 2.34. The Morgan fingerprint density at radius 3 is 2.78 bits per heavy atom. The van der Waals surface area contributed by atoms with Crippen molar-refractivity contribution in [1.82, 2.24) is 10.2 Å².